The van der Waals surface area contributed by atoms with E-state index in [0.717, 1.165) is 18.8 Å². The third-order valence-electron chi connectivity index (χ3n) is 4.30. The summed E-state index contributed by atoms with van der Waals surface area (Å²) in [6, 6.07) is 0. The minimum absolute atomic E-state index is 0.0281. The van der Waals surface area contributed by atoms with E-state index in [1.807, 2.05) is 0 Å². The van der Waals surface area contributed by atoms with Gasteiger partial charge in [-0.2, -0.15) is 0 Å². The van der Waals surface area contributed by atoms with Crippen molar-refractivity contribution in [1.29, 1.82) is 0 Å². The Hall–Kier alpha value is -0.0400. The molecule has 0 aromatic heterocycles. The fourth-order valence-electron chi connectivity index (χ4n) is 3.09. The Kier molecular flexibility index (Phi) is 7.11. The molecule has 0 saturated heterocycles. The quantitative estimate of drug-likeness (QED) is 0.676. The minimum atomic E-state index is -0.0281. The molecular formula is C15H30O. The molecule has 2 unspecified atom stereocenters. The molecule has 1 N–H and O–H groups in total. The average molecular weight is 226 g/mol. The summed E-state index contributed by atoms with van der Waals surface area (Å²) in [5, 5.41) is 10.3. The molecule has 1 nitrogen and oxygen atoms in total. The number of hydrogen-bond acceptors (Lipinski definition) is 1. The largest absolute Gasteiger partial charge is 0.393 e. The van der Waals surface area contributed by atoms with Crippen molar-refractivity contribution in [3.63, 3.8) is 0 Å². The molecule has 96 valence electrons. The predicted octanol–water partition coefficient (Wildman–Crippen LogP) is 4.53. The van der Waals surface area contributed by atoms with Crippen molar-refractivity contribution < 1.29 is 5.11 Å². The fourth-order valence-corrected chi connectivity index (χ4v) is 3.09. The maximum atomic E-state index is 10.3. The molecule has 0 spiro atoms. The van der Waals surface area contributed by atoms with Gasteiger partial charge in [0.15, 0.2) is 0 Å². The average Bonchev–Trinajstić information content (AvgIpc) is 2.31. The van der Waals surface area contributed by atoms with Crippen LogP contribution in [0.1, 0.15) is 78.1 Å². The van der Waals surface area contributed by atoms with Crippen LogP contribution in [0.5, 0.6) is 0 Å². The van der Waals surface area contributed by atoms with Gasteiger partial charge in [0.05, 0.1) is 6.10 Å². The topological polar surface area (TPSA) is 20.2 Å². The van der Waals surface area contributed by atoms with E-state index in [1.165, 1.54) is 51.4 Å². The Labute approximate surface area is 102 Å². The molecular weight excluding hydrogens is 196 g/mol. The molecule has 0 radical (unpaired) electrons. The normalized spacial score (nSPS) is 21.9. The molecule has 1 aliphatic rings. The van der Waals surface area contributed by atoms with Crippen LogP contribution in [0.2, 0.25) is 0 Å². The van der Waals surface area contributed by atoms with Crippen molar-refractivity contribution in [2.24, 2.45) is 11.8 Å². The van der Waals surface area contributed by atoms with Crippen molar-refractivity contribution in [3.8, 4) is 0 Å². The van der Waals surface area contributed by atoms with Gasteiger partial charge < -0.3 is 5.11 Å². The number of aliphatic hydroxyl groups excluding tert-OH is 1. The van der Waals surface area contributed by atoms with Crippen LogP contribution in [0, 0.1) is 11.8 Å². The summed E-state index contributed by atoms with van der Waals surface area (Å²) in [7, 11) is 0. The molecule has 0 aromatic rings. The molecule has 1 aliphatic carbocycles. The van der Waals surface area contributed by atoms with E-state index in [1.54, 1.807) is 0 Å². The van der Waals surface area contributed by atoms with Crippen LogP contribution in [0.4, 0.5) is 0 Å². The third-order valence-corrected chi connectivity index (χ3v) is 4.30. The number of unbranched alkanes of at least 4 members (excludes halogenated alkanes) is 1. The molecule has 16 heavy (non-hydrogen) atoms. The van der Waals surface area contributed by atoms with E-state index < -0.39 is 0 Å². The van der Waals surface area contributed by atoms with Gasteiger partial charge in [0.2, 0.25) is 0 Å². The standard InChI is InChI=1S/C15H30O/c1-3-5-11-14(4-2)15(16)12-13-9-7-6-8-10-13/h13-16H,3-12H2,1-2H3. The zero-order chi connectivity index (χ0) is 11.8. The summed E-state index contributed by atoms with van der Waals surface area (Å²) in [5.74, 6) is 1.38. The lowest BCUT2D eigenvalue weighted by Crippen LogP contribution is -2.24. The van der Waals surface area contributed by atoms with E-state index in [0.29, 0.717) is 5.92 Å². The summed E-state index contributed by atoms with van der Waals surface area (Å²) in [6.07, 6.45) is 12.9. The van der Waals surface area contributed by atoms with Gasteiger partial charge in [-0.05, 0) is 24.7 Å². The second-order valence-corrected chi connectivity index (χ2v) is 5.62. The highest BCUT2D eigenvalue weighted by Gasteiger charge is 2.22. The highest BCUT2D eigenvalue weighted by atomic mass is 16.3. The van der Waals surface area contributed by atoms with Gasteiger partial charge in [-0.1, -0.05) is 65.2 Å². The van der Waals surface area contributed by atoms with Gasteiger partial charge in [0.1, 0.15) is 0 Å². The van der Waals surface area contributed by atoms with Gasteiger partial charge in [-0.3, -0.25) is 0 Å². The van der Waals surface area contributed by atoms with E-state index >= 15 is 0 Å². The van der Waals surface area contributed by atoms with Crippen LogP contribution in [-0.4, -0.2) is 11.2 Å². The highest BCUT2D eigenvalue weighted by Crippen LogP contribution is 2.30. The Balaban J connectivity index is 2.26. The second kappa shape index (κ2) is 8.11. The molecule has 1 fully saturated rings. The van der Waals surface area contributed by atoms with Gasteiger partial charge in [-0.15, -0.1) is 0 Å². The maximum Gasteiger partial charge on any atom is 0.0570 e. The van der Waals surface area contributed by atoms with Crippen molar-refractivity contribution in [1.82, 2.24) is 0 Å². The summed E-state index contributed by atoms with van der Waals surface area (Å²) < 4.78 is 0. The zero-order valence-electron chi connectivity index (χ0n) is 11.3. The fraction of sp³-hybridized carbons (Fsp3) is 1.00. The van der Waals surface area contributed by atoms with Gasteiger partial charge in [-0.25, -0.2) is 0 Å². The van der Waals surface area contributed by atoms with Crippen LogP contribution in [0.25, 0.3) is 0 Å². The minimum Gasteiger partial charge on any atom is -0.393 e. The second-order valence-electron chi connectivity index (χ2n) is 5.62. The SMILES string of the molecule is CCCCC(CC)C(O)CC1CCCCC1. The lowest BCUT2D eigenvalue weighted by atomic mass is 9.81. The molecule has 1 saturated carbocycles. The molecule has 0 bridgehead atoms. The smallest absolute Gasteiger partial charge is 0.0570 e. The van der Waals surface area contributed by atoms with Crippen LogP contribution in [-0.2, 0) is 0 Å². The summed E-state index contributed by atoms with van der Waals surface area (Å²) >= 11 is 0. The highest BCUT2D eigenvalue weighted by molar-refractivity contribution is 4.74. The Bertz CT molecular complexity index is 161. The molecule has 0 aliphatic heterocycles. The van der Waals surface area contributed by atoms with E-state index in [-0.39, 0.29) is 6.10 Å². The predicted molar refractivity (Wildman–Crippen MR) is 70.5 cm³/mol. The molecule has 1 heteroatoms. The Morgan fingerprint density at radius 3 is 2.38 bits per heavy atom. The van der Waals surface area contributed by atoms with Gasteiger partial charge in [0, 0.05) is 0 Å². The van der Waals surface area contributed by atoms with Crippen LogP contribution >= 0.6 is 0 Å². The number of rotatable bonds is 7. The Morgan fingerprint density at radius 2 is 1.81 bits per heavy atom. The number of hydrogen-bond donors (Lipinski definition) is 1. The zero-order valence-corrected chi connectivity index (χ0v) is 11.3. The van der Waals surface area contributed by atoms with Crippen LogP contribution in [0.15, 0.2) is 0 Å². The Morgan fingerprint density at radius 1 is 1.12 bits per heavy atom. The summed E-state index contributed by atoms with van der Waals surface area (Å²) in [4.78, 5) is 0. The first-order chi connectivity index (χ1) is 7.77. The lowest BCUT2D eigenvalue weighted by molar-refractivity contribution is 0.0670. The molecule has 0 amide bonds. The van der Waals surface area contributed by atoms with Crippen molar-refractivity contribution in [2.45, 2.75) is 84.2 Å². The molecule has 2 atom stereocenters. The van der Waals surface area contributed by atoms with Crippen molar-refractivity contribution in [3.05, 3.63) is 0 Å². The first-order valence-electron chi connectivity index (χ1n) is 7.46. The maximum absolute atomic E-state index is 10.3. The van der Waals surface area contributed by atoms with Gasteiger partial charge in [0.25, 0.3) is 0 Å². The summed E-state index contributed by atoms with van der Waals surface area (Å²) in [5.41, 5.74) is 0. The number of aliphatic hydroxyl groups is 1. The third kappa shape index (κ3) is 4.86. The van der Waals surface area contributed by atoms with Crippen LogP contribution in [0.3, 0.4) is 0 Å². The summed E-state index contributed by atoms with van der Waals surface area (Å²) in [6.45, 7) is 4.46. The molecule has 0 heterocycles. The van der Waals surface area contributed by atoms with Crippen LogP contribution < -0.4 is 0 Å². The van der Waals surface area contributed by atoms with Gasteiger partial charge >= 0.3 is 0 Å². The van der Waals surface area contributed by atoms with E-state index in [9.17, 15) is 5.11 Å². The van der Waals surface area contributed by atoms with Crippen molar-refractivity contribution in [2.75, 3.05) is 0 Å². The molecule has 0 aromatic carbocycles. The van der Waals surface area contributed by atoms with E-state index in [4.69, 9.17) is 0 Å². The first-order valence-corrected chi connectivity index (χ1v) is 7.46. The molecule has 1 rings (SSSR count). The lowest BCUT2D eigenvalue weighted by Gasteiger charge is -2.28. The first kappa shape index (κ1) is 14.0. The van der Waals surface area contributed by atoms with E-state index in [2.05, 4.69) is 13.8 Å². The monoisotopic (exact) mass is 226 g/mol. The van der Waals surface area contributed by atoms with Crippen molar-refractivity contribution >= 4 is 0 Å².